The largest absolute Gasteiger partial charge is 0.384 e. The molecule has 3 nitrogen and oxygen atoms in total. The van der Waals surface area contributed by atoms with E-state index in [1.807, 2.05) is 0 Å². The van der Waals surface area contributed by atoms with Crippen molar-refractivity contribution in [3.05, 3.63) is 0 Å². The minimum absolute atomic E-state index is 0.00922. The number of hydrogen-bond acceptors (Lipinski definition) is 3. The van der Waals surface area contributed by atoms with Gasteiger partial charge in [0.2, 0.25) is 0 Å². The molecule has 0 aliphatic carbocycles. The van der Waals surface area contributed by atoms with E-state index in [-0.39, 0.29) is 12.9 Å². The molecule has 1 unspecified atom stereocenters. The Hall–Kier alpha value is -0.560. The number of aliphatic hydroxyl groups excluding tert-OH is 1. The molecule has 3 heteroatoms. The predicted molar refractivity (Wildman–Crippen MR) is 76.7 cm³/mol. The van der Waals surface area contributed by atoms with Gasteiger partial charge in [-0.2, -0.15) is 0 Å². The van der Waals surface area contributed by atoms with Crippen LogP contribution in [0.2, 0.25) is 0 Å². The molecule has 1 aliphatic rings. The highest BCUT2D eigenvalue weighted by molar-refractivity contribution is 4.98. The average molecular weight is 268 g/mol. The summed E-state index contributed by atoms with van der Waals surface area (Å²) in [4.78, 5) is 0. The smallest absolute Gasteiger partial charge is 0.157 e. The van der Waals surface area contributed by atoms with E-state index in [9.17, 15) is 0 Å². The molecule has 1 aliphatic heterocycles. The fourth-order valence-electron chi connectivity index (χ4n) is 2.22. The van der Waals surface area contributed by atoms with Crippen LogP contribution in [-0.4, -0.2) is 31.2 Å². The van der Waals surface area contributed by atoms with E-state index >= 15 is 0 Å². The Labute approximate surface area is 117 Å². The molecular weight excluding hydrogens is 240 g/mol. The van der Waals surface area contributed by atoms with Crippen LogP contribution < -0.4 is 0 Å². The van der Waals surface area contributed by atoms with E-state index in [2.05, 4.69) is 11.8 Å². The van der Waals surface area contributed by atoms with Gasteiger partial charge in [0.15, 0.2) is 6.29 Å². The molecule has 110 valence electrons. The third kappa shape index (κ3) is 9.95. The maximum atomic E-state index is 8.49. The monoisotopic (exact) mass is 268 g/mol. The Balaban J connectivity index is 1.76. The third-order valence-corrected chi connectivity index (χ3v) is 3.34. The van der Waals surface area contributed by atoms with E-state index in [4.69, 9.17) is 14.6 Å². The first-order chi connectivity index (χ1) is 9.43. The first-order valence-corrected chi connectivity index (χ1v) is 7.73. The lowest BCUT2D eigenvalue weighted by molar-refractivity contribution is -0.162. The summed E-state index contributed by atoms with van der Waals surface area (Å²) in [5, 5.41) is 8.49. The fourth-order valence-corrected chi connectivity index (χ4v) is 2.22. The number of hydrogen-bond donors (Lipinski definition) is 1. The number of unbranched alkanes of at least 4 members (excludes halogenated alkanes) is 6. The molecule has 0 aromatic heterocycles. The van der Waals surface area contributed by atoms with Crippen molar-refractivity contribution in [3.63, 3.8) is 0 Å². The van der Waals surface area contributed by atoms with Crippen molar-refractivity contribution in [2.75, 3.05) is 19.8 Å². The van der Waals surface area contributed by atoms with Gasteiger partial charge in [-0.3, -0.25) is 0 Å². The maximum Gasteiger partial charge on any atom is 0.157 e. The van der Waals surface area contributed by atoms with Gasteiger partial charge in [0.1, 0.15) is 6.61 Å². The second-order valence-electron chi connectivity index (χ2n) is 5.05. The summed E-state index contributed by atoms with van der Waals surface area (Å²) < 4.78 is 11.2. The van der Waals surface area contributed by atoms with E-state index in [0.717, 1.165) is 38.9 Å². The summed E-state index contributed by atoms with van der Waals surface area (Å²) in [5.74, 6) is 5.62. The molecule has 1 atom stereocenters. The molecule has 0 bridgehead atoms. The third-order valence-electron chi connectivity index (χ3n) is 3.34. The van der Waals surface area contributed by atoms with Crippen LogP contribution in [0.4, 0.5) is 0 Å². The van der Waals surface area contributed by atoms with Crippen molar-refractivity contribution in [1.29, 1.82) is 0 Å². The first kappa shape index (κ1) is 16.5. The molecule has 1 saturated heterocycles. The standard InChI is InChI=1S/C16H28O3/c17-13-9-6-4-2-1-3-5-7-10-14-18-16-12-8-11-15-19-16/h16-17H,1-5,7-8,10-15H2. The Morgan fingerprint density at radius 2 is 1.79 bits per heavy atom. The summed E-state index contributed by atoms with van der Waals surface area (Å²) in [5.41, 5.74) is 0. The summed E-state index contributed by atoms with van der Waals surface area (Å²) >= 11 is 0. The van der Waals surface area contributed by atoms with Crippen LogP contribution in [0.25, 0.3) is 0 Å². The maximum absolute atomic E-state index is 8.49. The molecule has 1 fully saturated rings. The number of ether oxygens (including phenoxy) is 2. The topological polar surface area (TPSA) is 38.7 Å². The Kier molecular flexibility index (Phi) is 10.8. The molecule has 1 N–H and O–H groups in total. The summed E-state index contributed by atoms with van der Waals surface area (Å²) in [6, 6.07) is 0. The van der Waals surface area contributed by atoms with Gasteiger partial charge in [-0.15, -0.1) is 5.92 Å². The summed E-state index contributed by atoms with van der Waals surface area (Å²) in [6.07, 6.45) is 11.8. The van der Waals surface area contributed by atoms with Crippen molar-refractivity contribution in [1.82, 2.24) is 0 Å². The quantitative estimate of drug-likeness (QED) is 0.515. The van der Waals surface area contributed by atoms with E-state index in [0.29, 0.717) is 0 Å². The average Bonchev–Trinajstić information content (AvgIpc) is 2.46. The van der Waals surface area contributed by atoms with Gasteiger partial charge in [-0.1, -0.05) is 31.6 Å². The van der Waals surface area contributed by atoms with Crippen LogP contribution in [-0.2, 0) is 9.47 Å². The van der Waals surface area contributed by atoms with Crippen molar-refractivity contribution in [3.8, 4) is 11.8 Å². The van der Waals surface area contributed by atoms with Crippen molar-refractivity contribution in [2.45, 2.75) is 70.5 Å². The van der Waals surface area contributed by atoms with Crippen LogP contribution in [0, 0.1) is 11.8 Å². The van der Waals surface area contributed by atoms with Gasteiger partial charge >= 0.3 is 0 Å². The van der Waals surface area contributed by atoms with Gasteiger partial charge in [0, 0.05) is 19.6 Å². The van der Waals surface area contributed by atoms with Crippen molar-refractivity contribution < 1.29 is 14.6 Å². The van der Waals surface area contributed by atoms with Gasteiger partial charge in [0.05, 0.1) is 0 Å². The van der Waals surface area contributed by atoms with E-state index < -0.39 is 0 Å². The van der Waals surface area contributed by atoms with Gasteiger partial charge in [-0.05, 0) is 32.1 Å². The lowest BCUT2D eigenvalue weighted by Crippen LogP contribution is -2.22. The highest BCUT2D eigenvalue weighted by Crippen LogP contribution is 2.14. The molecule has 0 aromatic rings. The number of rotatable bonds is 9. The zero-order chi connectivity index (χ0) is 13.6. The van der Waals surface area contributed by atoms with Crippen LogP contribution in [0.3, 0.4) is 0 Å². The lowest BCUT2D eigenvalue weighted by atomic mass is 10.1. The van der Waals surface area contributed by atoms with Crippen LogP contribution >= 0.6 is 0 Å². The molecule has 19 heavy (non-hydrogen) atoms. The molecule has 0 radical (unpaired) electrons. The minimum atomic E-state index is -0.00922. The molecule has 1 rings (SSSR count). The van der Waals surface area contributed by atoms with E-state index in [1.165, 1.54) is 38.5 Å². The zero-order valence-corrected chi connectivity index (χ0v) is 12.0. The lowest BCUT2D eigenvalue weighted by Gasteiger charge is -2.22. The SMILES string of the molecule is OCC#CCCCCCCCCOC1CCCCO1. The molecule has 0 aromatic carbocycles. The first-order valence-electron chi connectivity index (χ1n) is 7.73. The Morgan fingerprint density at radius 3 is 2.53 bits per heavy atom. The highest BCUT2D eigenvalue weighted by atomic mass is 16.7. The minimum Gasteiger partial charge on any atom is -0.384 e. The van der Waals surface area contributed by atoms with Crippen molar-refractivity contribution >= 4 is 0 Å². The summed E-state index contributed by atoms with van der Waals surface area (Å²) in [7, 11) is 0. The molecule has 1 heterocycles. The molecule has 0 saturated carbocycles. The molecular formula is C16H28O3. The number of aliphatic hydroxyl groups is 1. The van der Waals surface area contributed by atoms with Gasteiger partial charge < -0.3 is 14.6 Å². The highest BCUT2D eigenvalue weighted by Gasteiger charge is 2.13. The van der Waals surface area contributed by atoms with Crippen LogP contribution in [0.15, 0.2) is 0 Å². The van der Waals surface area contributed by atoms with Gasteiger partial charge in [0.25, 0.3) is 0 Å². The normalized spacial score (nSPS) is 18.9. The fraction of sp³-hybridized carbons (Fsp3) is 0.875. The zero-order valence-electron chi connectivity index (χ0n) is 12.0. The Morgan fingerprint density at radius 1 is 1.00 bits per heavy atom. The van der Waals surface area contributed by atoms with E-state index in [1.54, 1.807) is 0 Å². The second-order valence-corrected chi connectivity index (χ2v) is 5.05. The molecule has 0 spiro atoms. The van der Waals surface area contributed by atoms with Crippen LogP contribution in [0.5, 0.6) is 0 Å². The van der Waals surface area contributed by atoms with Crippen LogP contribution in [0.1, 0.15) is 64.2 Å². The second kappa shape index (κ2) is 12.5. The molecule has 0 amide bonds. The van der Waals surface area contributed by atoms with Crippen molar-refractivity contribution in [2.24, 2.45) is 0 Å². The predicted octanol–water partition coefficient (Wildman–Crippen LogP) is 3.26. The van der Waals surface area contributed by atoms with Gasteiger partial charge in [-0.25, -0.2) is 0 Å². The summed E-state index contributed by atoms with van der Waals surface area (Å²) in [6.45, 7) is 1.70. The Bertz CT molecular complexity index is 248.